The van der Waals surface area contributed by atoms with Gasteiger partial charge in [-0.2, -0.15) is 0 Å². The van der Waals surface area contributed by atoms with Gasteiger partial charge in [-0.1, -0.05) is 11.6 Å². The van der Waals surface area contributed by atoms with E-state index in [2.05, 4.69) is 26.2 Å². The van der Waals surface area contributed by atoms with Crippen LogP contribution in [0, 0.1) is 13.8 Å². The number of carbonyl (C=O) groups is 1. The number of benzene rings is 1. The maximum atomic E-state index is 12.2. The Labute approximate surface area is 130 Å². The second-order valence-electron chi connectivity index (χ2n) is 4.45. The van der Waals surface area contributed by atoms with E-state index in [1.54, 1.807) is 12.1 Å². The van der Waals surface area contributed by atoms with E-state index in [9.17, 15) is 4.79 Å². The van der Waals surface area contributed by atoms with Crippen LogP contribution in [0.1, 0.15) is 21.6 Å². The molecule has 4 nitrogen and oxygen atoms in total. The summed E-state index contributed by atoms with van der Waals surface area (Å²) in [6, 6.07) is 5.19. The smallest absolute Gasteiger partial charge is 0.259 e. The first kappa shape index (κ1) is 14.8. The van der Waals surface area contributed by atoms with Crippen molar-refractivity contribution in [2.45, 2.75) is 13.8 Å². The number of pyridine rings is 1. The van der Waals surface area contributed by atoms with Crippen LogP contribution in [0.25, 0.3) is 0 Å². The lowest BCUT2D eigenvalue weighted by Crippen LogP contribution is -2.15. The van der Waals surface area contributed by atoms with Crippen LogP contribution in [0.4, 0.5) is 11.4 Å². The first-order chi connectivity index (χ1) is 9.38. The number of nitrogens with one attached hydrogen (secondary N) is 1. The molecular weight excluding hydrogens is 342 g/mol. The molecule has 0 bridgehead atoms. The second kappa shape index (κ2) is 5.81. The number of carbonyl (C=O) groups excluding carboxylic acids is 1. The first-order valence-corrected chi connectivity index (χ1v) is 7.04. The number of anilines is 2. The van der Waals surface area contributed by atoms with Gasteiger partial charge in [-0.3, -0.25) is 9.78 Å². The van der Waals surface area contributed by atoms with E-state index in [1.807, 2.05) is 19.9 Å². The van der Waals surface area contributed by atoms with Gasteiger partial charge in [0.15, 0.2) is 0 Å². The molecule has 2 rings (SSSR count). The maximum absolute atomic E-state index is 12.2. The average molecular weight is 355 g/mol. The molecule has 3 N–H and O–H groups in total. The predicted octanol–water partition coefficient (Wildman–Crippen LogP) is 3.95. The Morgan fingerprint density at radius 3 is 2.70 bits per heavy atom. The molecule has 104 valence electrons. The van der Waals surface area contributed by atoms with E-state index in [0.29, 0.717) is 22.0 Å². The first-order valence-electron chi connectivity index (χ1n) is 5.87. The highest BCUT2D eigenvalue weighted by Crippen LogP contribution is 2.29. The Morgan fingerprint density at radius 2 is 2.05 bits per heavy atom. The largest absolute Gasteiger partial charge is 0.398 e. The topological polar surface area (TPSA) is 68.0 Å². The molecule has 1 amide bonds. The van der Waals surface area contributed by atoms with Crippen LogP contribution < -0.4 is 11.1 Å². The van der Waals surface area contributed by atoms with Crippen molar-refractivity contribution in [2.24, 2.45) is 0 Å². The molecule has 2 aromatic rings. The summed E-state index contributed by atoms with van der Waals surface area (Å²) in [5.74, 6) is -0.324. The minimum absolute atomic E-state index is 0.324. The monoisotopic (exact) mass is 353 g/mol. The fourth-order valence-electron chi connectivity index (χ4n) is 1.70. The highest BCUT2D eigenvalue weighted by molar-refractivity contribution is 9.10. The number of amides is 1. The molecule has 6 heteroatoms. The molecule has 20 heavy (non-hydrogen) atoms. The molecule has 0 spiro atoms. The molecule has 0 aliphatic heterocycles. The van der Waals surface area contributed by atoms with Crippen LogP contribution in [-0.2, 0) is 0 Å². The van der Waals surface area contributed by atoms with Gasteiger partial charge in [-0.15, -0.1) is 0 Å². The summed E-state index contributed by atoms with van der Waals surface area (Å²) in [6.45, 7) is 3.70. The summed E-state index contributed by atoms with van der Waals surface area (Å²) < 4.78 is 0.756. The number of hydrogen-bond donors (Lipinski definition) is 2. The fraction of sp³-hybridized carbons (Fsp3) is 0.143. The number of halogens is 2. The van der Waals surface area contributed by atoms with Crippen LogP contribution in [0.5, 0.6) is 0 Å². The lowest BCUT2D eigenvalue weighted by Gasteiger charge is -2.11. The van der Waals surface area contributed by atoms with Gasteiger partial charge in [-0.05, 0) is 53.5 Å². The highest BCUT2D eigenvalue weighted by atomic mass is 79.9. The molecule has 0 fully saturated rings. The zero-order valence-corrected chi connectivity index (χ0v) is 13.3. The Kier molecular flexibility index (Phi) is 4.30. The molecule has 0 atom stereocenters. The Morgan fingerprint density at radius 1 is 1.35 bits per heavy atom. The summed E-state index contributed by atoms with van der Waals surface area (Å²) in [4.78, 5) is 16.3. The Balaban J connectivity index is 2.30. The molecule has 0 unspecified atom stereocenters. The third kappa shape index (κ3) is 3.11. The number of nitrogens with two attached hydrogens (primary N) is 1. The molecule has 0 radical (unpaired) electrons. The summed E-state index contributed by atoms with van der Waals surface area (Å²) in [5.41, 5.74) is 8.83. The lowest BCUT2D eigenvalue weighted by atomic mass is 10.2. The fourth-order valence-corrected chi connectivity index (χ4v) is 2.42. The van der Waals surface area contributed by atoms with Crippen molar-refractivity contribution in [1.82, 2.24) is 4.98 Å². The van der Waals surface area contributed by atoms with E-state index in [-0.39, 0.29) is 5.91 Å². The van der Waals surface area contributed by atoms with Crippen molar-refractivity contribution < 1.29 is 4.79 Å². The van der Waals surface area contributed by atoms with Crippen molar-refractivity contribution in [3.63, 3.8) is 0 Å². The predicted molar refractivity (Wildman–Crippen MR) is 85.2 cm³/mol. The van der Waals surface area contributed by atoms with Crippen molar-refractivity contribution in [1.29, 1.82) is 0 Å². The third-order valence-corrected chi connectivity index (χ3v) is 3.88. The van der Waals surface area contributed by atoms with Crippen LogP contribution in [0.2, 0.25) is 5.02 Å². The van der Waals surface area contributed by atoms with Crippen molar-refractivity contribution >= 4 is 44.8 Å². The van der Waals surface area contributed by atoms with Gasteiger partial charge in [0.2, 0.25) is 0 Å². The molecule has 0 saturated heterocycles. The molecule has 1 heterocycles. The normalized spacial score (nSPS) is 10.4. The van der Waals surface area contributed by atoms with E-state index >= 15 is 0 Å². The zero-order chi connectivity index (χ0) is 14.9. The van der Waals surface area contributed by atoms with Crippen LogP contribution in [0.15, 0.2) is 28.9 Å². The van der Waals surface area contributed by atoms with Crippen LogP contribution >= 0.6 is 27.5 Å². The number of aromatic nitrogens is 1. The minimum atomic E-state index is -0.324. The number of nitrogen functional groups attached to an aromatic ring is 1. The van der Waals surface area contributed by atoms with Gasteiger partial charge in [0.05, 0.1) is 11.3 Å². The molecule has 0 saturated carbocycles. The summed E-state index contributed by atoms with van der Waals surface area (Å²) in [6.07, 6.45) is 1.46. The summed E-state index contributed by atoms with van der Waals surface area (Å²) in [5, 5.41) is 3.35. The molecule has 0 aliphatic rings. The molecule has 0 aliphatic carbocycles. The summed E-state index contributed by atoms with van der Waals surface area (Å²) >= 11 is 9.45. The van der Waals surface area contributed by atoms with Crippen LogP contribution in [-0.4, -0.2) is 10.9 Å². The average Bonchev–Trinajstić information content (AvgIpc) is 2.35. The second-order valence-corrected chi connectivity index (χ2v) is 5.71. The lowest BCUT2D eigenvalue weighted by molar-refractivity contribution is 0.102. The zero-order valence-electron chi connectivity index (χ0n) is 11.0. The minimum Gasteiger partial charge on any atom is -0.398 e. The van der Waals surface area contributed by atoms with Crippen LogP contribution in [0.3, 0.4) is 0 Å². The maximum Gasteiger partial charge on any atom is 0.259 e. The number of rotatable bonds is 2. The van der Waals surface area contributed by atoms with Gasteiger partial charge in [-0.25, -0.2) is 0 Å². The Bertz CT molecular complexity index is 688. The molecule has 1 aromatic heterocycles. The van der Waals surface area contributed by atoms with E-state index < -0.39 is 0 Å². The van der Waals surface area contributed by atoms with Gasteiger partial charge in [0.1, 0.15) is 0 Å². The van der Waals surface area contributed by atoms with Crippen molar-refractivity contribution in [2.75, 3.05) is 11.1 Å². The van der Waals surface area contributed by atoms with E-state index in [4.69, 9.17) is 17.3 Å². The van der Waals surface area contributed by atoms with Gasteiger partial charge in [0.25, 0.3) is 5.91 Å². The van der Waals surface area contributed by atoms with Crippen molar-refractivity contribution in [3.05, 3.63) is 50.7 Å². The van der Waals surface area contributed by atoms with Gasteiger partial charge >= 0.3 is 0 Å². The number of aryl methyl sites for hydroxylation is 2. The SMILES string of the molecule is Cc1cc(N)c(C(=O)Nc2cc(Cl)c(C)cc2Br)cn1. The van der Waals surface area contributed by atoms with E-state index in [1.165, 1.54) is 6.20 Å². The molecule has 1 aromatic carbocycles. The number of hydrogen-bond acceptors (Lipinski definition) is 3. The van der Waals surface area contributed by atoms with Crippen molar-refractivity contribution in [3.8, 4) is 0 Å². The third-order valence-electron chi connectivity index (χ3n) is 2.81. The molecular formula is C14H13BrClN3O. The number of nitrogens with zero attached hydrogens (tertiary/aromatic N) is 1. The summed E-state index contributed by atoms with van der Waals surface area (Å²) in [7, 11) is 0. The Hall–Kier alpha value is -1.59. The highest BCUT2D eigenvalue weighted by Gasteiger charge is 2.13. The van der Waals surface area contributed by atoms with Gasteiger partial charge in [0, 0.05) is 27.1 Å². The van der Waals surface area contributed by atoms with E-state index in [0.717, 1.165) is 15.7 Å². The van der Waals surface area contributed by atoms with Gasteiger partial charge < -0.3 is 11.1 Å². The quantitative estimate of drug-likeness (QED) is 0.858. The standard InChI is InChI=1S/C14H13BrClN3O/c1-7-3-10(15)13(5-11(7)16)19-14(20)9-6-18-8(2)4-12(9)17/h3-6H,1-2H3,(H2,17,18)(H,19,20).